The van der Waals surface area contributed by atoms with Gasteiger partial charge in [0.05, 0.1) is 26.4 Å². The van der Waals surface area contributed by atoms with Gasteiger partial charge in [0.1, 0.15) is 11.5 Å². The van der Waals surface area contributed by atoms with Crippen LogP contribution in [0.15, 0.2) is 133 Å². The molecule has 0 saturated carbocycles. The molecule has 1 fully saturated rings. The Balaban J connectivity index is 1.67. The molecule has 0 unspecified atom stereocenters. The fourth-order valence-electron chi connectivity index (χ4n) is 7.66. The third-order valence-electron chi connectivity index (χ3n) is 9.86. The number of fused-ring (bicyclic) bond motifs is 1. The van der Waals surface area contributed by atoms with Gasteiger partial charge in [-0.15, -0.1) is 0 Å². The van der Waals surface area contributed by atoms with Crippen molar-refractivity contribution in [1.29, 1.82) is 0 Å². The van der Waals surface area contributed by atoms with E-state index in [4.69, 9.17) is 13.9 Å². The molecule has 5 aromatic rings. The Labute approximate surface area is 284 Å². The first kappa shape index (κ1) is 33.3. The number of methoxy groups -OCH3 is 2. The van der Waals surface area contributed by atoms with E-state index in [-0.39, 0.29) is 11.5 Å². The highest BCUT2D eigenvalue weighted by atomic mass is 28.4. The number of ether oxygens (including phenoxy) is 2. The molecule has 0 bridgehead atoms. The van der Waals surface area contributed by atoms with E-state index in [0.717, 1.165) is 32.3 Å². The Kier molecular flexibility index (Phi) is 9.39. The summed E-state index contributed by atoms with van der Waals surface area (Å²) >= 11 is 0. The Morgan fingerprint density at radius 3 is 1.81 bits per heavy atom. The van der Waals surface area contributed by atoms with Gasteiger partial charge in [0, 0.05) is 0 Å². The Hall–Kier alpha value is -4.56. The van der Waals surface area contributed by atoms with Gasteiger partial charge in [0.25, 0.3) is 8.32 Å². The van der Waals surface area contributed by atoms with Crippen molar-refractivity contribution >= 4 is 41.4 Å². The highest BCUT2D eigenvalue weighted by Gasteiger charge is 2.64. The second-order valence-corrected chi connectivity index (χ2v) is 17.8. The summed E-state index contributed by atoms with van der Waals surface area (Å²) in [6, 6.07) is 43.6. The first-order valence-corrected chi connectivity index (χ1v) is 18.3. The van der Waals surface area contributed by atoms with Crippen LogP contribution in [0.2, 0.25) is 5.04 Å². The summed E-state index contributed by atoms with van der Waals surface area (Å²) in [6.07, 6.45) is -0.710. The maximum atomic E-state index is 14.8. The summed E-state index contributed by atoms with van der Waals surface area (Å²) in [7, 11) is -0.462. The molecule has 0 radical (unpaired) electrons. The van der Waals surface area contributed by atoms with Crippen LogP contribution in [0.1, 0.15) is 50.5 Å². The quantitative estimate of drug-likeness (QED) is 0.138. The summed E-state index contributed by atoms with van der Waals surface area (Å²) in [5.74, 6) is -0.893. The van der Waals surface area contributed by atoms with Crippen LogP contribution in [0, 0.1) is 5.41 Å². The predicted octanol–water partition coefficient (Wildman–Crippen LogP) is 6.89. The largest absolute Gasteiger partial charge is 0.468 e. The van der Waals surface area contributed by atoms with Gasteiger partial charge in [-0.2, -0.15) is 0 Å². The molecule has 7 heteroatoms. The van der Waals surface area contributed by atoms with E-state index in [1.165, 1.54) is 14.2 Å². The van der Waals surface area contributed by atoms with Crippen LogP contribution in [-0.4, -0.2) is 40.5 Å². The third-order valence-corrected chi connectivity index (χ3v) is 14.9. The number of nitrogens with one attached hydrogen (secondary N) is 1. The zero-order valence-electron chi connectivity index (χ0n) is 28.2. The number of benzene rings is 5. The van der Waals surface area contributed by atoms with Crippen molar-refractivity contribution in [3.63, 3.8) is 0 Å². The van der Waals surface area contributed by atoms with E-state index in [0.29, 0.717) is 0 Å². The minimum Gasteiger partial charge on any atom is -0.468 e. The lowest BCUT2D eigenvalue weighted by atomic mass is 9.70. The zero-order chi connectivity index (χ0) is 33.9. The van der Waals surface area contributed by atoms with Crippen molar-refractivity contribution in [2.75, 3.05) is 14.2 Å². The van der Waals surface area contributed by atoms with E-state index in [1.54, 1.807) is 0 Å². The van der Waals surface area contributed by atoms with Crippen LogP contribution in [0.4, 0.5) is 0 Å². The highest BCUT2D eigenvalue weighted by molar-refractivity contribution is 6.99. The average molecular weight is 658 g/mol. The lowest BCUT2D eigenvalue weighted by molar-refractivity contribution is -0.161. The molecule has 1 aliphatic heterocycles. The average Bonchev–Trinajstić information content (AvgIpc) is 3.53. The van der Waals surface area contributed by atoms with Crippen molar-refractivity contribution < 1.29 is 23.5 Å². The van der Waals surface area contributed by atoms with Crippen molar-refractivity contribution in [1.82, 2.24) is 5.32 Å². The monoisotopic (exact) mass is 657 g/mol. The minimum atomic E-state index is -3.25. The molecule has 1 aliphatic rings. The smallest absolute Gasteiger partial charge is 0.322 e. The molecule has 48 heavy (non-hydrogen) atoms. The maximum absolute atomic E-state index is 14.8. The van der Waals surface area contributed by atoms with Gasteiger partial charge in [-0.3, -0.25) is 14.9 Å². The van der Waals surface area contributed by atoms with Crippen molar-refractivity contribution in [2.45, 2.75) is 50.4 Å². The van der Waals surface area contributed by atoms with E-state index >= 15 is 0 Å². The number of rotatable bonds is 9. The van der Waals surface area contributed by atoms with Gasteiger partial charge >= 0.3 is 11.9 Å². The zero-order valence-corrected chi connectivity index (χ0v) is 29.2. The molecule has 0 spiro atoms. The van der Waals surface area contributed by atoms with Crippen LogP contribution < -0.4 is 15.7 Å². The van der Waals surface area contributed by atoms with Crippen LogP contribution >= 0.6 is 0 Å². The van der Waals surface area contributed by atoms with Gasteiger partial charge in [-0.05, 0) is 49.8 Å². The van der Waals surface area contributed by atoms with Crippen molar-refractivity contribution in [3.05, 3.63) is 145 Å². The predicted molar refractivity (Wildman–Crippen MR) is 193 cm³/mol. The van der Waals surface area contributed by atoms with Gasteiger partial charge in [0.15, 0.2) is 0 Å². The molecular weight excluding hydrogens is 615 g/mol. The van der Waals surface area contributed by atoms with Crippen LogP contribution in [-0.2, 0) is 23.5 Å². The summed E-state index contributed by atoms with van der Waals surface area (Å²) in [5.41, 5.74) is 0.316. The number of hydrogen-bond acceptors (Lipinski definition) is 6. The number of carbonyl (C=O) groups excluding carboxylic acids is 2. The third kappa shape index (κ3) is 5.76. The standard InChI is InChI=1S/C41H43NO5Si/c1-40(2,3)48(33-21-11-7-12-22-33,34-23-13-8-14-24-34)47-37(30-18-9-6-10-19-30)41(39(44)46-5)28-35(38(43)45-4)42-36(41)32-26-25-29-17-15-16-20-31(29)27-32/h6-27,35-37,42H,28H2,1-5H3/t35-,36-,37-,41-/m1/s1. The minimum absolute atomic E-state index is 0.113. The van der Waals surface area contributed by atoms with Gasteiger partial charge in [0.2, 0.25) is 0 Å². The number of esters is 2. The molecular formula is C41H43NO5Si. The SMILES string of the molecule is COC(=O)[C@H]1C[C@](C(=O)OC)([C@H](O[Si](c2ccccc2)(c2ccccc2)C(C)(C)C)c2ccccc2)[C@@H](c2ccc3ccccc3c2)N1. The fraction of sp³-hybridized carbons (Fsp3) is 0.268. The van der Waals surface area contributed by atoms with E-state index < -0.39 is 43.9 Å². The Bertz CT molecular complexity index is 1840. The van der Waals surface area contributed by atoms with Crippen LogP contribution in [0.5, 0.6) is 0 Å². The first-order valence-electron chi connectivity index (χ1n) is 16.4. The van der Waals surface area contributed by atoms with Crippen LogP contribution in [0.3, 0.4) is 0 Å². The molecule has 4 atom stereocenters. The molecule has 0 aromatic heterocycles. The summed E-state index contributed by atoms with van der Waals surface area (Å²) in [5, 5.41) is 7.44. The van der Waals surface area contributed by atoms with E-state index in [9.17, 15) is 9.59 Å². The summed E-state index contributed by atoms with van der Waals surface area (Å²) in [4.78, 5) is 28.2. The molecule has 1 saturated heterocycles. The summed E-state index contributed by atoms with van der Waals surface area (Å²) in [6.45, 7) is 6.66. The lowest BCUT2D eigenvalue weighted by Gasteiger charge is -2.49. The second kappa shape index (κ2) is 13.5. The highest BCUT2D eigenvalue weighted by Crippen LogP contribution is 2.57. The van der Waals surface area contributed by atoms with Crippen molar-refractivity contribution in [3.8, 4) is 0 Å². The fourth-order valence-corrected chi connectivity index (χ4v) is 12.4. The van der Waals surface area contributed by atoms with Gasteiger partial charge in [-0.1, -0.05) is 148 Å². The molecule has 0 aliphatic carbocycles. The van der Waals surface area contributed by atoms with Crippen molar-refractivity contribution in [2.24, 2.45) is 5.41 Å². The van der Waals surface area contributed by atoms with Crippen LogP contribution in [0.25, 0.3) is 10.8 Å². The number of hydrogen-bond donors (Lipinski definition) is 1. The van der Waals surface area contributed by atoms with E-state index in [2.05, 4.69) is 74.6 Å². The topological polar surface area (TPSA) is 73.9 Å². The second-order valence-electron chi connectivity index (χ2n) is 13.6. The molecule has 1 heterocycles. The molecule has 0 amide bonds. The Morgan fingerprint density at radius 2 is 1.27 bits per heavy atom. The molecule has 6 nitrogen and oxygen atoms in total. The maximum Gasteiger partial charge on any atom is 0.322 e. The first-order chi connectivity index (χ1) is 23.2. The molecule has 5 aromatic carbocycles. The lowest BCUT2D eigenvalue weighted by Crippen LogP contribution is -2.68. The molecule has 1 N–H and O–H groups in total. The Morgan fingerprint density at radius 1 is 0.729 bits per heavy atom. The molecule has 246 valence electrons. The van der Waals surface area contributed by atoms with Gasteiger partial charge < -0.3 is 13.9 Å². The molecule has 6 rings (SSSR count). The van der Waals surface area contributed by atoms with E-state index in [1.807, 2.05) is 84.9 Å². The summed E-state index contributed by atoms with van der Waals surface area (Å²) < 4.78 is 19.0. The number of carbonyl (C=O) groups is 2. The normalized spacial score (nSPS) is 20.3. The van der Waals surface area contributed by atoms with Gasteiger partial charge in [-0.25, -0.2) is 0 Å².